The average Bonchev–Trinajstić information content (AvgIpc) is 2.07. The van der Waals surface area contributed by atoms with Crippen molar-refractivity contribution in [2.75, 3.05) is 0 Å². The highest BCUT2D eigenvalue weighted by atomic mass is 16.3. The predicted molar refractivity (Wildman–Crippen MR) is 47.1 cm³/mol. The van der Waals surface area contributed by atoms with Crippen LogP contribution < -0.4 is 0 Å². The Bertz CT molecular complexity index is 284. The number of aldehydes is 1. The second-order valence-electron chi connectivity index (χ2n) is 2.49. The Balaban J connectivity index is 3.00. The molecule has 62 valence electrons. The molecule has 1 aromatic carbocycles. The SMILES string of the molecule is C=CC(C=O)c1cccc(O)c1. The fourth-order valence-corrected chi connectivity index (χ4v) is 1.00. The van der Waals surface area contributed by atoms with Crippen molar-refractivity contribution in [2.45, 2.75) is 5.92 Å². The molecular formula is C10H10O2. The van der Waals surface area contributed by atoms with Gasteiger partial charge in [0.2, 0.25) is 0 Å². The van der Waals surface area contributed by atoms with Gasteiger partial charge in [-0.15, -0.1) is 6.58 Å². The van der Waals surface area contributed by atoms with Gasteiger partial charge < -0.3 is 9.90 Å². The molecule has 0 aromatic heterocycles. The third-order valence-electron chi connectivity index (χ3n) is 1.66. The molecule has 0 heterocycles. The molecule has 12 heavy (non-hydrogen) atoms. The van der Waals surface area contributed by atoms with Gasteiger partial charge in [-0.25, -0.2) is 0 Å². The van der Waals surface area contributed by atoms with Crippen LogP contribution in [0.2, 0.25) is 0 Å². The minimum atomic E-state index is -0.322. The zero-order valence-corrected chi connectivity index (χ0v) is 6.60. The van der Waals surface area contributed by atoms with Crippen LogP contribution in [0.3, 0.4) is 0 Å². The van der Waals surface area contributed by atoms with E-state index in [1.807, 2.05) is 0 Å². The number of aromatic hydroxyl groups is 1. The lowest BCUT2D eigenvalue weighted by Gasteiger charge is -2.04. The molecule has 2 nitrogen and oxygen atoms in total. The number of allylic oxidation sites excluding steroid dienone is 1. The van der Waals surface area contributed by atoms with Crippen LogP contribution in [-0.4, -0.2) is 11.4 Å². The first-order valence-electron chi connectivity index (χ1n) is 3.64. The van der Waals surface area contributed by atoms with Crippen LogP contribution in [0, 0.1) is 0 Å². The highest BCUT2D eigenvalue weighted by Gasteiger charge is 2.04. The summed E-state index contributed by atoms with van der Waals surface area (Å²) in [5.74, 6) is -0.154. The van der Waals surface area contributed by atoms with E-state index in [0.29, 0.717) is 0 Å². The highest BCUT2D eigenvalue weighted by Crippen LogP contribution is 2.18. The smallest absolute Gasteiger partial charge is 0.131 e. The van der Waals surface area contributed by atoms with E-state index in [9.17, 15) is 4.79 Å². The van der Waals surface area contributed by atoms with E-state index in [1.54, 1.807) is 30.3 Å². The van der Waals surface area contributed by atoms with Crippen LogP contribution in [0.1, 0.15) is 11.5 Å². The first-order valence-corrected chi connectivity index (χ1v) is 3.64. The van der Waals surface area contributed by atoms with E-state index in [-0.39, 0.29) is 11.7 Å². The third kappa shape index (κ3) is 1.72. The molecular weight excluding hydrogens is 152 g/mol. The van der Waals surface area contributed by atoms with Crippen LogP contribution in [0.4, 0.5) is 0 Å². The first kappa shape index (κ1) is 8.53. The van der Waals surface area contributed by atoms with Crippen LogP contribution in [0.15, 0.2) is 36.9 Å². The van der Waals surface area contributed by atoms with Crippen LogP contribution in [0.5, 0.6) is 5.75 Å². The summed E-state index contributed by atoms with van der Waals surface area (Å²) in [6.45, 7) is 3.53. The molecule has 0 aliphatic heterocycles. The van der Waals surface area contributed by atoms with Gasteiger partial charge >= 0.3 is 0 Å². The van der Waals surface area contributed by atoms with Crippen molar-refractivity contribution in [3.63, 3.8) is 0 Å². The lowest BCUT2D eigenvalue weighted by Crippen LogP contribution is -1.94. The molecule has 0 radical (unpaired) electrons. The molecule has 1 unspecified atom stereocenters. The van der Waals surface area contributed by atoms with Gasteiger partial charge in [-0.2, -0.15) is 0 Å². The Kier molecular flexibility index (Phi) is 2.64. The predicted octanol–water partition coefficient (Wildman–Crippen LogP) is 1.86. The molecule has 1 atom stereocenters. The molecule has 1 rings (SSSR count). The highest BCUT2D eigenvalue weighted by molar-refractivity contribution is 5.65. The summed E-state index contributed by atoms with van der Waals surface area (Å²) < 4.78 is 0. The lowest BCUT2D eigenvalue weighted by molar-refractivity contribution is -0.108. The van der Waals surface area contributed by atoms with Crippen LogP contribution in [0.25, 0.3) is 0 Å². The summed E-state index contributed by atoms with van der Waals surface area (Å²) in [7, 11) is 0. The number of phenols is 1. The van der Waals surface area contributed by atoms with E-state index < -0.39 is 0 Å². The largest absolute Gasteiger partial charge is 0.508 e. The van der Waals surface area contributed by atoms with Crippen LogP contribution >= 0.6 is 0 Å². The first-order chi connectivity index (χ1) is 5.77. The Hall–Kier alpha value is -1.57. The maximum Gasteiger partial charge on any atom is 0.131 e. The number of benzene rings is 1. The van der Waals surface area contributed by atoms with Gasteiger partial charge in [0, 0.05) is 0 Å². The van der Waals surface area contributed by atoms with E-state index in [4.69, 9.17) is 5.11 Å². The van der Waals surface area contributed by atoms with Crippen molar-refractivity contribution in [3.8, 4) is 5.75 Å². The maximum atomic E-state index is 10.5. The molecule has 0 bridgehead atoms. The number of phenolic OH excluding ortho intramolecular Hbond substituents is 1. The Morgan fingerprint density at radius 3 is 2.75 bits per heavy atom. The molecule has 2 heteroatoms. The molecule has 0 spiro atoms. The van der Waals surface area contributed by atoms with Gasteiger partial charge in [0.15, 0.2) is 0 Å². The normalized spacial score (nSPS) is 12.0. The van der Waals surface area contributed by atoms with Crippen molar-refractivity contribution in [3.05, 3.63) is 42.5 Å². The average molecular weight is 162 g/mol. The number of hydrogen-bond donors (Lipinski definition) is 1. The summed E-state index contributed by atoms with van der Waals surface area (Å²) >= 11 is 0. The Morgan fingerprint density at radius 1 is 1.50 bits per heavy atom. The van der Waals surface area contributed by atoms with Gasteiger partial charge in [0.1, 0.15) is 12.0 Å². The molecule has 0 saturated heterocycles. The van der Waals surface area contributed by atoms with E-state index in [1.165, 1.54) is 0 Å². The molecule has 0 aliphatic rings. The summed E-state index contributed by atoms with van der Waals surface area (Å²) in [6.07, 6.45) is 2.34. The summed E-state index contributed by atoms with van der Waals surface area (Å²) in [4.78, 5) is 10.5. The van der Waals surface area contributed by atoms with Crippen molar-refractivity contribution in [1.29, 1.82) is 0 Å². The standard InChI is InChI=1S/C10H10O2/c1-2-8(7-11)9-4-3-5-10(12)6-9/h2-8,12H,1H2. The molecule has 1 N–H and O–H groups in total. The van der Waals surface area contributed by atoms with Crippen molar-refractivity contribution in [2.24, 2.45) is 0 Å². The number of rotatable bonds is 3. The number of hydrogen-bond acceptors (Lipinski definition) is 2. The van der Waals surface area contributed by atoms with E-state index >= 15 is 0 Å². The Morgan fingerprint density at radius 2 is 2.25 bits per heavy atom. The lowest BCUT2D eigenvalue weighted by atomic mass is 10.0. The van der Waals surface area contributed by atoms with Gasteiger partial charge in [-0.05, 0) is 17.7 Å². The topological polar surface area (TPSA) is 37.3 Å². The molecule has 1 aromatic rings. The van der Waals surface area contributed by atoms with Crippen LogP contribution in [-0.2, 0) is 4.79 Å². The summed E-state index contributed by atoms with van der Waals surface area (Å²) in [5, 5.41) is 9.10. The molecule has 0 aliphatic carbocycles. The number of carbonyl (C=O) groups is 1. The van der Waals surface area contributed by atoms with Gasteiger partial charge in [-0.1, -0.05) is 18.2 Å². The fourth-order valence-electron chi connectivity index (χ4n) is 1.00. The van der Waals surface area contributed by atoms with Crippen molar-refractivity contribution < 1.29 is 9.90 Å². The van der Waals surface area contributed by atoms with Gasteiger partial charge in [0.25, 0.3) is 0 Å². The molecule has 0 saturated carbocycles. The van der Waals surface area contributed by atoms with Gasteiger partial charge in [0.05, 0.1) is 5.92 Å². The zero-order chi connectivity index (χ0) is 8.97. The minimum Gasteiger partial charge on any atom is -0.508 e. The van der Waals surface area contributed by atoms with E-state index in [0.717, 1.165) is 11.8 Å². The Labute approximate surface area is 71.2 Å². The zero-order valence-electron chi connectivity index (χ0n) is 6.60. The summed E-state index contributed by atoms with van der Waals surface area (Å²) in [6, 6.07) is 6.60. The second-order valence-corrected chi connectivity index (χ2v) is 2.49. The van der Waals surface area contributed by atoms with Crippen molar-refractivity contribution in [1.82, 2.24) is 0 Å². The van der Waals surface area contributed by atoms with E-state index in [2.05, 4.69) is 6.58 Å². The minimum absolute atomic E-state index is 0.168. The maximum absolute atomic E-state index is 10.5. The molecule has 0 amide bonds. The number of carbonyl (C=O) groups excluding carboxylic acids is 1. The van der Waals surface area contributed by atoms with Gasteiger partial charge in [-0.3, -0.25) is 0 Å². The quantitative estimate of drug-likeness (QED) is 0.544. The summed E-state index contributed by atoms with van der Waals surface area (Å²) in [5.41, 5.74) is 0.764. The fraction of sp³-hybridized carbons (Fsp3) is 0.100. The van der Waals surface area contributed by atoms with Crippen molar-refractivity contribution >= 4 is 6.29 Å². The third-order valence-corrected chi connectivity index (χ3v) is 1.66. The molecule has 0 fully saturated rings. The monoisotopic (exact) mass is 162 g/mol. The second kappa shape index (κ2) is 3.72.